The Balaban J connectivity index is 2.82. The average Bonchev–Trinajstić information content (AvgIpc) is 2.07. The fourth-order valence-corrected chi connectivity index (χ4v) is 0.780. The normalized spacial score (nSPS) is 11.4. The van der Waals surface area contributed by atoms with Crippen molar-refractivity contribution in [3.05, 3.63) is 35.9 Å². The number of aliphatic hydroxyl groups is 2. The third-order valence-electron chi connectivity index (χ3n) is 1.32. The SMILES string of the molecule is OC#CC(O)c1ccccc1. The summed E-state index contributed by atoms with van der Waals surface area (Å²) in [7, 11) is 0. The Morgan fingerprint density at radius 1 is 1.18 bits per heavy atom. The second kappa shape index (κ2) is 3.65. The molecule has 2 N–H and O–H groups in total. The first kappa shape index (κ1) is 7.64. The molecular formula is C9H8O2. The van der Waals surface area contributed by atoms with E-state index in [4.69, 9.17) is 5.11 Å². The van der Waals surface area contributed by atoms with Crippen LogP contribution in [-0.2, 0) is 0 Å². The maximum Gasteiger partial charge on any atom is 0.143 e. The number of rotatable bonds is 1. The molecule has 1 aromatic rings. The lowest BCUT2D eigenvalue weighted by atomic mass is 10.1. The molecule has 0 spiro atoms. The highest BCUT2D eigenvalue weighted by molar-refractivity contribution is 5.23. The molecule has 0 heterocycles. The Kier molecular flexibility index (Phi) is 2.53. The number of aliphatic hydroxyl groups excluding tert-OH is 2. The standard InChI is InChI=1S/C9H8O2/c10-7-6-9(11)8-4-2-1-3-5-8/h1-5,9-11H. The molecule has 0 aliphatic carbocycles. The Labute approximate surface area is 65.1 Å². The van der Waals surface area contributed by atoms with E-state index >= 15 is 0 Å². The van der Waals surface area contributed by atoms with Gasteiger partial charge in [0, 0.05) is 0 Å². The van der Waals surface area contributed by atoms with Gasteiger partial charge in [-0.25, -0.2) is 0 Å². The van der Waals surface area contributed by atoms with Crippen LogP contribution in [0.25, 0.3) is 0 Å². The van der Waals surface area contributed by atoms with Gasteiger partial charge in [0.15, 0.2) is 0 Å². The lowest BCUT2D eigenvalue weighted by Crippen LogP contribution is -1.91. The molecule has 0 saturated heterocycles. The summed E-state index contributed by atoms with van der Waals surface area (Å²) >= 11 is 0. The summed E-state index contributed by atoms with van der Waals surface area (Å²) in [5.74, 6) is 2.22. The van der Waals surface area contributed by atoms with E-state index in [1.807, 2.05) is 6.07 Å². The third kappa shape index (κ3) is 1.99. The van der Waals surface area contributed by atoms with Crippen molar-refractivity contribution in [1.29, 1.82) is 0 Å². The van der Waals surface area contributed by atoms with Gasteiger partial charge in [0.25, 0.3) is 0 Å². The molecule has 0 aromatic heterocycles. The van der Waals surface area contributed by atoms with E-state index in [2.05, 4.69) is 5.92 Å². The van der Waals surface area contributed by atoms with Crippen LogP contribution in [0.5, 0.6) is 0 Å². The minimum Gasteiger partial charge on any atom is -0.462 e. The Hall–Kier alpha value is -1.46. The quantitative estimate of drug-likeness (QED) is 0.584. The van der Waals surface area contributed by atoms with Gasteiger partial charge in [-0.15, -0.1) is 0 Å². The maximum atomic E-state index is 9.19. The highest BCUT2D eigenvalue weighted by Crippen LogP contribution is 2.09. The van der Waals surface area contributed by atoms with Crippen LogP contribution in [0.3, 0.4) is 0 Å². The van der Waals surface area contributed by atoms with Crippen molar-refractivity contribution in [3.63, 3.8) is 0 Å². The van der Waals surface area contributed by atoms with E-state index in [1.165, 1.54) is 0 Å². The van der Waals surface area contributed by atoms with E-state index in [9.17, 15) is 5.11 Å². The summed E-state index contributed by atoms with van der Waals surface area (Å²) in [6, 6.07) is 8.95. The van der Waals surface area contributed by atoms with Crippen LogP contribution in [0.15, 0.2) is 30.3 Å². The first-order chi connectivity index (χ1) is 5.34. The number of benzene rings is 1. The van der Waals surface area contributed by atoms with Crippen LogP contribution in [0, 0.1) is 12.0 Å². The molecule has 2 heteroatoms. The van der Waals surface area contributed by atoms with E-state index in [1.54, 1.807) is 30.4 Å². The molecule has 0 saturated carbocycles. The Bertz CT molecular complexity index is 269. The van der Waals surface area contributed by atoms with Gasteiger partial charge < -0.3 is 10.2 Å². The van der Waals surface area contributed by atoms with Crippen molar-refractivity contribution in [1.82, 2.24) is 0 Å². The predicted octanol–water partition coefficient (Wildman–Crippen LogP) is 1.05. The lowest BCUT2D eigenvalue weighted by molar-refractivity contribution is 0.237. The zero-order chi connectivity index (χ0) is 8.10. The zero-order valence-electron chi connectivity index (χ0n) is 5.86. The second-order valence-corrected chi connectivity index (χ2v) is 2.07. The molecule has 1 unspecified atom stereocenters. The molecule has 0 aliphatic rings. The summed E-state index contributed by atoms with van der Waals surface area (Å²) in [6.45, 7) is 0. The van der Waals surface area contributed by atoms with Gasteiger partial charge in [0.05, 0.1) is 0 Å². The third-order valence-corrected chi connectivity index (χ3v) is 1.32. The monoisotopic (exact) mass is 148 g/mol. The van der Waals surface area contributed by atoms with Gasteiger partial charge in [-0.2, -0.15) is 0 Å². The fourth-order valence-electron chi connectivity index (χ4n) is 0.780. The summed E-state index contributed by atoms with van der Waals surface area (Å²) in [5, 5.41) is 17.4. The van der Waals surface area contributed by atoms with Crippen molar-refractivity contribution < 1.29 is 10.2 Å². The first-order valence-electron chi connectivity index (χ1n) is 3.22. The molecule has 0 radical (unpaired) electrons. The minimum atomic E-state index is -0.888. The van der Waals surface area contributed by atoms with Crippen molar-refractivity contribution in [2.75, 3.05) is 0 Å². The van der Waals surface area contributed by atoms with Crippen molar-refractivity contribution in [2.45, 2.75) is 6.10 Å². The van der Waals surface area contributed by atoms with Crippen LogP contribution in [0.2, 0.25) is 0 Å². The van der Waals surface area contributed by atoms with Gasteiger partial charge in [0.1, 0.15) is 12.2 Å². The van der Waals surface area contributed by atoms with Crippen molar-refractivity contribution in [2.24, 2.45) is 0 Å². The number of hydrogen-bond acceptors (Lipinski definition) is 2. The Morgan fingerprint density at radius 3 is 2.36 bits per heavy atom. The summed E-state index contributed by atoms with van der Waals surface area (Å²) in [4.78, 5) is 0. The second-order valence-electron chi connectivity index (χ2n) is 2.07. The van der Waals surface area contributed by atoms with Crippen molar-refractivity contribution >= 4 is 0 Å². The molecule has 11 heavy (non-hydrogen) atoms. The van der Waals surface area contributed by atoms with Crippen LogP contribution in [-0.4, -0.2) is 10.2 Å². The highest BCUT2D eigenvalue weighted by atomic mass is 16.3. The average molecular weight is 148 g/mol. The molecule has 1 aromatic carbocycles. The lowest BCUT2D eigenvalue weighted by Gasteiger charge is -2.00. The predicted molar refractivity (Wildman–Crippen MR) is 41.1 cm³/mol. The van der Waals surface area contributed by atoms with E-state index in [-0.39, 0.29) is 0 Å². The molecule has 0 fully saturated rings. The summed E-state index contributed by atoms with van der Waals surface area (Å²) < 4.78 is 0. The molecule has 0 bridgehead atoms. The first-order valence-corrected chi connectivity index (χ1v) is 3.22. The van der Waals surface area contributed by atoms with Crippen LogP contribution in [0.1, 0.15) is 11.7 Å². The van der Waals surface area contributed by atoms with Crippen LogP contribution < -0.4 is 0 Å². The molecule has 56 valence electrons. The zero-order valence-corrected chi connectivity index (χ0v) is 5.86. The van der Waals surface area contributed by atoms with Crippen LogP contribution in [0.4, 0.5) is 0 Å². The molecule has 2 nitrogen and oxygen atoms in total. The number of hydrogen-bond donors (Lipinski definition) is 2. The van der Waals surface area contributed by atoms with Gasteiger partial charge in [-0.3, -0.25) is 0 Å². The van der Waals surface area contributed by atoms with Gasteiger partial charge >= 0.3 is 0 Å². The van der Waals surface area contributed by atoms with Gasteiger partial charge in [-0.05, 0) is 11.5 Å². The Morgan fingerprint density at radius 2 is 1.82 bits per heavy atom. The molecule has 1 rings (SSSR count). The van der Waals surface area contributed by atoms with Gasteiger partial charge in [0.2, 0.25) is 0 Å². The van der Waals surface area contributed by atoms with Crippen LogP contribution >= 0.6 is 0 Å². The highest BCUT2D eigenvalue weighted by Gasteiger charge is 2.00. The smallest absolute Gasteiger partial charge is 0.143 e. The molecular weight excluding hydrogens is 140 g/mol. The largest absolute Gasteiger partial charge is 0.462 e. The summed E-state index contributed by atoms with van der Waals surface area (Å²) in [6.07, 6.45) is 0.778. The van der Waals surface area contributed by atoms with E-state index in [0.717, 1.165) is 0 Å². The molecule has 0 amide bonds. The van der Waals surface area contributed by atoms with Gasteiger partial charge in [-0.1, -0.05) is 30.3 Å². The van der Waals surface area contributed by atoms with Crippen molar-refractivity contribution in [3.8, 4) is 12.0 Å². The molecule has 0 aliphatic heterocycles. The molecule has 1 atom stereocenters. The topological polar surface area (TPSA) is 40.5 Å². The fraction of sp³-hybridized carbons (Fsp3) is 0.111. The summed E-state index contributed by atoms with van der Waals surface area (Å²) in [5.41, 5.74) is 0.689. The van der Waals surface area contributed by atoms with E-state index in [0.29, 0.717) is 5.56 Å². The minimum absolute atomic E-state index is 0.689. The maximum absolute atomic E-state index is 9.19. The van der Waals surface area contributed by atoms with E-state index < -0.39 is 6.10 Å².